The number of benzene rings is 1. The topological polar surface area (TPSA) is 50.7 Å². The van der Waals surface area contributed by atoms with Crippen LogP contribution in [-0.2, 0) is 16.9 Å². The van der Waals surface area contributed by atoms with Gasteiger partial charge >= 0.3 is 6.18 Å². The summed E-state index contributed by atoms with van der Waals surface area (Å²) < 4.78 is 96.6. The number of hydrazone groups is 1. The van der Waals surface area contributed by atoms with E-state index in [-0.39, 0.29) is 0 Å². The van der Waals surface area contributed by atoms with Crippen LogP contribution in [-0.4, -0.2) is 47.0 Å². The Morgan fingerprint density at radius 3 is 2.18 bits per heavy atom. The maximum Gasteiger partial charge on any atom is 0.431 e. The summed E-state index contributed by atoms with van der Waals surface area (Å²) in [4.78, 5) is 0. The molecule has 0 aromatic heterocycles. The van der Waals surface area contributed by atoms with E-state index in [9.17, 15) is 30.9 Å². The average molecular weight is 431 g/mol. The van der Waals surface area contributed by atoms with Gasteiger partial charge in [0.25, 0.3) is 0 Å². The van der Waals surface area contributed by atoms with Gasteiger partial charge < -0.3 is 9.56 Å². The molecule has 11 heteroatoms. The first-order valence-corrected chi connectivity index (χ1v) is 9.31. The van der Waals surface area contributed by atoms with Crippen LogP contribution in [0.5, 0.6) is 0 Å². The standard InChI is InChI=1S/C17H23F6N3OS/c1-15(2,3)28(27)25-16(10-18,11-7-6-8-12(19)14(11)20)9-13(17(21,22)23)24-26(4)5/h6-8,25H,9-10H2,1-5H3/b24-13-/t16-,28?/m0/s1. The van der Waals surface area contributed by atoms with Gasteiger partial charge in [0, 0.05) is 37.4 Å². The zero-order chi connectivity index (χ0) is 21.9. The fourth-order valence-electron chi connectivity index (χ4n) is 2.26. The van der Waals surface area contributed by atoms with E-state index in [1.807, 2.05) is 0 Å². The fourth-order valence-corrected chi connectivity index (χ4v) is 3.15. The number of rotatable bonds is 7. The van der Waals surface area contributed by atoms with E-state index in [1.165, 1.54) is 34.9 Å². The minimum Gasteiger partial charge on any atom is -0.598 e. The van der Waals surface area contributed by atoms with Crippen LogP contribution < -0.4 is 4.72 Å². The van der Waals surface area contributed by atoms with Gasteiger partial charge in [-0.05, 0) is 26.8 Å². The quantitative estimate of drug-likeness (QED) is 0.307. The van der Waals surface area contributed by atoms with Gasteiger partial charge in [0.2, 0.25) is 0 Å². The van der Waals surface area contributed by atoms with Crippen molar-refractivity contribution < 1.29 is 30.9 Å². The van der Waals surface area contributed by atoms with E-state index in [1.54, 1.807) is 0 Å². The van der Waals surface area contributed by atoms with E-state index in [0.717, 1.165) is 23.2 Å². The van der Waals surface area contributed by atoms with Crippen molar-refractivity contribution in [2.45, 2.75) is 43.7 Å². The van der Waals surface area contributed by atoms with Crippen molar-refractivity contribution in [3.05, 3.63) is 35.4 Å². The number of hydrogen-bond acceptors (Lipinski definition) is 4. The van der Waals surface area contributed by atoms with Crippen LogP contribution in [0.1, 0.15) is 32.8 Å². The maximum absolute atomic E-state index is 14.4. The van der Waals surface area contributed by atoms with Crippen LogP contribution in [0.3, 0.4) is 0 Å². The molecule has 0 amide bonds. The summed E-state index contributed by atoms with van der Waals surface area (Å²) >= 11 is -2.09. The van der Waals surface area contributed by atoms with E-state index >= 15 is 0 Å². The fraction of sp³-hybridized carbons (Fsp3) is 0.588. The lowest BCUT2D eigenvalue weighted by Gasteiger charge is -2.36. The van der Waals surface area contributed by atoms with Crippen molar-refractivity contribution in [2.24, 2.45) is 5.10 Å². The normalized spacial score (nSPS) is 16.6. The van der Waals surface area contributed by atoms with Crippen molar-refractivity contribution >= 4 is 17.1 Å². The molecule has 0 saturated carbocycles. The second kappa shape index (κ2) is 8.91. The molecule has 1 aromatic carbocycles. The van der Waals surface area contributed by atoms with Crippen molar-refractivity contribution in [1.29, 1.82) is 0 Å². The summed E-state index contributed by atoms with van der Waals surface area (Å²) in [6.45, 7) is 2.91. The van der Waals surface area contributed by atoms with Crippen LogP contribution >= 0.6 is 0 Å². The third-order valence-corrected chi connectivity index (χ3v) is 5.35. The summed E-state index contributed by atoms with van der Waals surface area (Å²) in [7, 11) is 2.46. The molecule has 1 unspecified atom stereocenters. The summed E-state index contributed by atoms with van der Waals surface area (Å²) in [5, 5.41) is 4.19. The molecule has 0 aliphatic rings. The molecule has 0 bridgehead atoms. The lowest BCUT2D eigenvalue weighted by atomic mass is 9.86. The number of alkyl halides is 4. The predicted molar refractivity (Wildman–Crippen MR) is 96.8 cm³/mol. The van der Waals surface area contributed by atoms with E-state index in [2.05, 4.69) is 9.82 Å². The van der Waals surface area contributed by atoms with Gasteiger partial charge in [-0.3, -0.25) is 0 Å². The Kier molecular flexibility index (Phi) is 7.82. The van der Waals surface area contributed by atoms with Crippen LogP contribution in [0, 0.1) is 11.6 Å². The second-order valence-corrected chi connectivity index (χ2v) is 9.34. The van der Waals surface area contributed by atoms with Crippen LogP contribution in [0.15, 0.2) is 23.3 Å². The lowest BCUT2D eigenvalue weighted by Crippen LogP contribution is -2.55. The first kappa shape index (κ1) is 24.6. The summed E-state index contributed by atoms with van der Waals surface area (Å²) in [6.07, 6.45) is -6.17. The summed E-state index contributed by atoms with van der Waals surface area (Å²) in [5.74, 6) is -2.89. The minimum absolute atomic E-state index is 0.705. The van der Waals surface area contributed by atoms with Crippen molar-refractivity contribution in [2.75, 3.05) is 20.8 Å². The largest absolute Gasteiger partial charge is 0.598 e. The van der Waals surface area contributed by atoms with Crippen LogP contribution in [0.2, 0.25) is 0 Å². The molecule has 0 radical (unpaired) electrons. The lowest BCUT2D eigenvalue weighted by molar-refractivity contribution is -0.0631. The van der Waals surface area contributed by atoms with Gasteiger partial charge in [0.15, 0.2) is 11.6 Å². The first-order valence-electron chi connectivity index (χ1n) is 8.16. The Hall–Kier alpha value is -1.46. The first-order chi connectivity index (χ1) is 12.6. The highest BCUT2D eigenvalue weighted by atomic mass is 32.2. The molecule has 2 atom stereocenters. The molecule has 0 spiro atoms. The maximum atomic E-state index is 14.4. The Morgan fingerprint density at radius 2 is 1.75 bits per heavy atom. The third-order valence-electron chi connectivity index (χ3n) is 3.66. The summed E-state index contributed by atoms with van der Waals surface area (Å²) in [6, 6.07) is 2.74. The molecule has 1 aromatic rings. The van der Waals surface area contributed by atoms with Gasteiger partial charge in [0.05, 0.1) is 0 Å². The molecule has 0 fully saturated rings. The second-order valence-electron chi connectivity index (χ2n) is 7.37. The van der Waals surface area contributed by atoms with Gasteiger partial charge in [-0.2, -0.15) is 18.3 Å². The van der Waals surface area contributed by atoms with E-state index in [4.69, 9.17) is 0 Å². The Bertz CT molecular complexity index is 705. The Morgan fingerprint density at radius 1 is 1.18 bits per heavy atom. The minimum atomic E-state index is -4.97. The number of nitrogens with zero attached hydrogens (tertiary/aromatic N) is 2. The molecule has 0 saturated heterocycles. The van der Waals surface area contributed by atoms with E-state index in [0.29, 0.717) is 0 Å². The molecule has 28 heavy (non-hydrogen) atoms. The molecule has 160 valence electrons. The smallest absolute Gasteiger partial charge is 0.431 e. The van der Waals surface area contributed by atoms with Gasteiger partial charge in [-0.1, -0.05) is 12.1 Å². The molecular weight excluding hydrogens is 408 g/mol. The molecule has 0 heterocycles. The van der Waals surface area contributed by atoms with Gasteiger partial charge in [0.1, 0.15) is 22.7 Å². The van der Waals surface area contributed by atoms with Gasteiger partial charge in [-0.25, -0.2) is 13.2 Å². The average Bonchev–Trinajstić information content (AvgIpc) is 2.53. The number of nitrogens with one attached hydrogen (secondary N) is 1. The molecule has 1 rings (SSSR count). The van der Waals surface area contributed by atoms with E-state index < -0.39 is 63.8 Å². The third kappa shape index (κ3) is 6.02. The number of halogens is 6. The number of hydrogen-bond donors (Lipinski definition) is 1. The Balaban J connectivity index is 3.64. The highest BCUT2D eigenvalue weighted by Crippen LogP contribution is 2.35. The zero-order valence-electron chi connectivity index (χ0n) is 16.1. The molecular formula is C17H23F6N3OS. The van der Waals surface area contributed by atoms with Crippen LogP contribution in [0.4, 0.5) is 26.3 Å². The summed E-state index contributed by atoms with van der Waals surface area (Å²) in [5.41, 5.74) is -4.59. The van der Waals surface area contributed by atoms with Crippen molar-refractivity contribution in [3.63, 3.8) is 0 Å². The molecule has 1 N–H and O–H groups in total. The predicted octanol–water partition coefficient (Wildman–Crippen LogP) is 4.05. The van der Waals surface area contributed by atoms with Crippen molar-refractivity contribution in [3.8, 4) is 0 Å². The zero-order valence-corrected chi connectivity index (χ0v) is 16.9. The monoisotopic (exact) mass is 431 g/mol. The highest BCUT2D eigenvalue weighted by molar-refractivity contribution is 7.90. The highest BCUT2D eigenvalue weighted by Gasteiger charge is 2.49. The molecule has 0 aliphatic heterocycles. The van der Waals surface area contributed by atoms with Crippen molar-refractivity contribution in [1.82, 2.24) is 9.73 Å². The van der Waals surface area contributed by atoms with Gasteiger partial charge in [-0.15, -0.1) is 4.72 Å². The molecule has 4 nitrogen and oxygen atoms in total. The SMILES string of the molecule is CN(C)/N=C(/C[C@@](CF)(N[S+]([O-])C(C)(C)C)c1cccc(F)c1F)C(F)(F)F. The Labute approximate surface area is 163 Å². The molecule has 0 aliphatic carbocycles. The van der Waals surface area contributed by atoms with Crippen LogP contribution in [0.25, 0.3) is 0 Å².